The highest BCUT2D eigenvalue weighted by Crippen LogP contribution is 2.36. The van der Waals surface area contributed by atoms with Crippen molar-refractivity contribution in [3.8, 4) is 11.4 Å². The number of nitrogens with one attached hydrogen (secondary N) is 1. The van der Waals surface area contributed by atoms with Crippen molar-refractivity contribution in [1.29, 1.82) is 0 Å². The van der Waals surface area contributed by atoms with Crippen LogP contribution in [-0.2, 0) is 17.6 Å². The van der Waals surface area contributed by atoms with Gasteiger partial charge >= 0.3 is 0 Å². The van der Waals surface area contributed by atoms with Gasteiger partial charge in [0.2, 0.25) is 5.91 Å². The number of carbonyl (C=O) groups is 1. The molecule has 6 nitrogen and oxygen atoms in total. The number of rotatable bonds is 7. The maximum atomic E-state index is 13.7. The lowest BCUT2D eigenvalue weighted by Crippen LogP contribution is -2.23. The second-order valence-corrected chi connectivity index (χ2v) is 10.2. The van der Waals surface area contributed by atoms with Crippen LogP contribution in [0.25, 0.3) is 15.9 Å². The lowest BCUT2D eigenvalue weighted by Gasteiger charge is -2.13. The second-order valence-electron chi connectivity index (χ2n) is 8.21. The molecule has 0 spiro atoms. The van der Waals surface area contributed by atoms with Gasteiger partial charge in [-0.3, -0.25) is 14.2 Å². The molecule has 0 saturated carbocycles. The van der Waals surface area contributed by atoms with Gasteiger partial charge in [-0.1, -0.05) is 23.9 Å². The lowest BCUT2D eigenvalue weighted by atomic mass is 10.2. The highest BCUT2D eigenvalue weighted by Gasteiger charge is 2.24. The molecule has 0 radical (unpaired) electrons. The lowest BCUT2D eigenvalue weighted by molar-refractivity contribution is -0.113. The first-order valence-electron chi connectivity index (χ1n) is 11.3. The minimum Gasteiger partial charge on any atom is -0.494 e. The number of hydrogen-bond donors (Lipinski definition) is 1. The Hall–Kier alpha value is -3.10. The summed E-state index contributed by atoms with van der Waals surface area (Å²) in [5, 5.41) is 4.17. The molecule has 0 atom stereocenters. The Morgan fingerprint density at radius 2 is 2.03 bits per heavy atom. The summed E-state index contributed by atoms with van der Waals surface area (Å²) in [6.07, 6.45) is 3.00. The van der Waals surface area contributed by atoms with E-state index < -0.39 is 0 Å². The van der Waals surface area contributed by atoms with E-state index in [1.807, 2.05) is 62.4 Å². The normalized spacial score (nSPS) is 12.6. The van der Waals surface area contributed by atoms with Crippen LogP contribution in [0.5, 0.6) is 5.75 Å². The van der Waals surface area contributed by atoms with E-state index in [9.17, 15) is 9.59 Å². The topological polar surface area (TPSA) is 73.2 Å². The fourth-order valence-corrected chi connectivity index (χ4v) is 6.37. The zero-order valence-corrected chi connectivity index (χ0v) is 20.7. The third kappa shape index (κ3) is 4.48. The summed E-state index contributed by atoms with van der Waals surface area (Å²) >= 11 is 2.88. The van der Waals surface area contributed by atoms with E-state index in [0.29, 0.717) is 17.5 Å². The zero-order chi connectivity index (χ0) is 23.7. The van der Waals surface area contributed by atoms with E-state index in [1.54, 1.807) is 15.9 Å². The molecule has 1 aliphatic carbocycles. The minimum atomic E-state index is -0.142. The standard InChI is InChI=1S/C26H25N3O3S2/c1-3-32-19-12-10-18(11-13-19)29-25(31)23-20-8-5-9-21(20)34-24(23)28-26(29)33-15-22(30)27-17-7-4-6-16(2)14-17/h4,6-7,10-14H,3,5,8-9,15H2,1-2H3,(H,27,30). The van der Waals surface area contributed by atoms with E-state index in [1.165, 1.54) is 16.6 Å². The van der Waals surface area contributed by atoms with Crippen LogP contribution in [0.4, 0.5) is 5.69 Å². The average molecular weight is 492 g/mol. The number of ether oxygens (including phenoxy) is 1. The van der Waals surface area contributed by atoms with Crippen LogP contribution >= 0.6 is 23.1 Å². The number of aromatic nitrogens is 2. The number of thiophene rings is 1. The predicted molar refractivity (Wildman–Crippen MR) is 139 cm³/mol. The summed E-state index contributed by atoms with van der Waals surface area (Å²) in [5.74, 6) is 0.752. The van der Waals surface area contributed by atoms with Gasteiger partial charge in [0, 0.05) is 10.6 Å². The van der Waals surface area contributed by atoms with Gasteiger partial charge < -0.3 is 10.1 Å². The molecule has 0 aliphatic heterocycles. The molecule has 1 amide bonds. The van der Waals surface area contributed by atoms with Crippen molar-refractivity contribution in [1.82, 2.24) is 9.55 Å². The molecule has 2 aromatic heterocycles. The van der Waals surface area contributed by atoms with E-state index in [-0.39, 0.29) is 17.2 Å². The van der Waals surface area contributed by atoms with Gasteiger partial charge in [0.25, 0.3) is 5.56 Å². The summed E-state index contributed by atoms with van der Waals surface area (Å²) in [4.78, 5) is 33.3. The van der Waals surface area contributed by atoms with E-state index in [2.05, 4.69) is 5.32 Å². The van der Waals surface area contributed by atoms with Crippen molar-refractivity contribution in [3.63, 3.8) is 0 Å². The number of benzene rings is 2. The van der Waals surface area contributed by atoms with Crippen LogP contribution in [0, 0.1) is 6.92 Å². The van der Waals surface area contributed by atoms with Crippen molar-refractivity contribution >= 4 is 44.9 Å². The van der Waals surface area contributed by atoms with Crippen LogP contribution in [0.3, 0.4) is 0 Å². The van der Waals surface area contributed by atoms with Crippen molar-refractivity contribution in [2.45, 2.75) is 38.3 Å². The number of fused-ring (bicyclic) bond motifs is 3. The molecule has 0 bridgehead atoms. The van der Waals surface area contributed by atoms with Crippen LogP contribution < -0.4 is 15.6 Å². The van der Waals surface area contributed by atoms with Gasteiger partial charge in [0.1, 0.15) is 10.6 Å². The van der Waals surface area contributed by atoms with Gasteiger partial charge in [-0.05, 0) is 80.6 Å². The van der Waals surface area contributed by atoms with E-state index in [0.717, 1.165) is 52.0 Å². The van der Waals surface area contributed by atoms with Crippen molar-refractivity contribution in [2.24, 2.45) is 0 Å². The first kappa shape index (κ1) is 22.7. The van der Waals surface area contributed by atoms with E-state index >= 15 is 0 Å². The molecular weight excluding hydrogens is 466 g/mol. The molecule has 1 aliphatic rings. The van der Waals surface area contributed by atoms with Crippen LogP contribution in [0.1, 0.15) is 29.3 Å². The number of aryl methyl sites for hydroxylation is 3. The summed E-state index contributed by atoms with van der Waals surface area (Å²) in [5.41, 5.74) is 3.61. The largest absolute Gasteiger partial charge is 0.494 e. The van der Waals surface area contributed by atoms with Gasteiger partial charge in [0.15, 0.2) is 5.16 Å². The number of thioether (sulfide) groups is 1. The number of nitrogens with zero attached hydrogens (tertiary/aromatic N) is 2. The zero-order valence-electron chi connectivity index (χ0n) is 19.1. The summed E-state index contributed by atoms with van der Waals surface area (Å²) in [6, 6.07) is 15.1. The Balaban J connectivity index is 1.50. The SMILES string of the molecule is CCOc1ccc(-n2c(SCC(=O)Nc3cccc(C)c3)nc3sc4c(c3c2=O)CCC4)cc1. The first-order valence-corrected chi connectivity index (χ1v) is 13.1. The fraction of sp³-hybridized carbons (Fsp3) is 0.269. The maximum absolute atomic E-state index is 13.7. The Labute approximate surface area is 206 Å². The quantitative estimate of drug-likeness (QED) is 0.278. The van der Waals surface area contributed by atoms with E-state index in [4.69, 9.17) is 9.72 Å². The molecule has 0 fully saturated rings. The van der Waals surface area contributed by atoms with Crippen LogP contribution in [0.2, 0.25) is 0 Å². The molecule has 0 saturated heterocycles. The van der Waals surface area contributed by atoms with Gasteiger partial charge in [-0.15, -0.1) is 11.3 Å². The summed E-state index contributed by atoms with van der Waals surface area (Å²) in [7, 11) is 0. The Bertz CT molecular complexity index is 1420. The molecule has 4 aromatic rings. The molecule has 0 unspecified atom stereocenters. The predicted octanol–water partition coefficient (Wildman–Crippen LogP) is 5.37. The van der Waals surface area contributed by atoms with Crippen LogP contribution in [0.15, 0.2) is 58.5 Å². The monoisotopic (exact) mass is 491 g/mol. The number of amides is 1. The molecule has 34 heavy (non-hydrogen) atoms. The summed E-state index contributed by atoms with van der Waals surface area (Å²) < 4.78 is 7.19. The highest BCUT2D eigenvalue weighted by atomic mass is 32.2. The van der Waals surface area contributed by atoms with Gasteiger partial charge in [-0.2, -0.15) is 0 Å². The molecule has 8 heteroatoms. The third-order valence-corrected chi connectivity index (χ3v) is 7.87. The second kappa shape index (κ2) is 9.64. The molecule has 2 aromatic carbocycles. The average Bonchev–Trinajstić information content (AvgIpc) is 3.40. The third-order valence-electron chi connectivity index (χ3n) is 5.75. The van der Waals surface area contributed by atoms with Crippen molar-refractivity contribution < 1.29 is 9.53 Å². The highest BCUT2D eigenvalue weighted by molar-refractivity contribution is 7.99. The molecule has 5 rings (SSSR count). The smallest absolute Gasteiger partial charge is 0.267 e. The Kier molecular flexibility index (Phi) is 6.43. The minimum absolute atomic E-state index is 0.0739. The van der Waals surface area contributed by atoms with Gasteiger partial charge in [-0.25, -0.2) is 4.98 Å². The van der Waals surface area contributed by atoms with Crippen LogP contribution in [-0.4, -0.2) is 27.8 Å². The number of anilines is 1. The molecule has 2 heterocycles. The molecule has 174 valence electrons. The molecular formula is C26H25N3O3S2. The van der Waals surface area contributed by atoms with Crippen molar-refractivity contribution in [3.05, 3.63) is 74.9 Å². The Morgan fingerprint density at radius 1 is 1.21 bits per heavy atom. The first-order chi connectivity index (χ1) is 16.5. The number of hydrogen-bond acceptors (Lipinski definition) is 6. The van der Waals surface area contributed by atoms with Crippen molar-refractivity contribution in [2.75, 3.05) is 17.7 Å². The fourth-order valence-electron chi connectivity index (χ4n) is 4.26. The van der Waals surface area contributed by atoms with Gasteiger partial charge in [0.05, 0.1) is 23.4 Å². The molecule has 1 N–H and O–H groups in total. The summed E-state index contributed by atoms with van der Waals surface area (Å²) in [6.45, 7) is 4.49. The maximum Gasteiger partial charge on any atom is 0.267 e. The Morgan fingerprint density at radius 3 is 2.79 bits per heavy atom. The number of carbonyl (C=O) groups excluding carboxylic acids is 1.